The van der Waals surface area contributed by atoms with Crippen molar-refractivity contribution in [1.82, 2.24) is 75.5 Å². The van der Waals surface area contributed by atoms with E-state index >= 15 is 19.2 Å². The summed E-state index contributed by atoms with van der Waals surface area (Å²) in [5.74, 6) is -6.74. The Balaban J connectivity index is 0.955. The summed E-state index contributed by atoms with van der Waals surface area (Å²) in [5.41, 5.74) is -2.27. The number of rotatable bonds is 9. The summed E-state index contributed by atoms with van der Waals surface area (Å²) in [4.78, 5) is 152. The van der Waals surface area contributed by atoms with Crippen molar-refractivity contribution in [2.75, 3.05) is 74.6 Å². The average molecular weight is 1520 g/mol. The standard InChI is InChI=1S/C66H71N15O18S5/c1-28(82)45-57(88)75-46(29(2)94-9)60-70-38(26-102-60)56(87)76-49-51-52(99-43-18-66(4,92)53(78(7)8)30(3)98-43)65(91)96-20-31-11-10-12-40-44(31)33(21-95-51)50(81(40)93)64(90)97-22-34(67-54(85)36-25-103-62(49)71-36)59-68-35(23-101-59)47-32(58-69-37(24-100-58)55(86)74-45)17-41(83)48(73-47)61-72-39(27-104-61)63(89)80-15-13-79(14-16-80)42(84)19-77(5)6/h10-12,17,23-28,30,34,43,45,49,51-53,82-83,92-93H,13-16,18-22H2,1-9H3,(H,67,85)(H,74,86)(H,75,88)(H,76,87)/b46-29+. The highest BCUT2D eigenvalue weighted by Gasteiger charge is 2.50. The maximum atomic E-state index is 15.2. The van der Waals surface area contributed by atoms with Crippen molar-refractivity contribution in [2.24, 2.45) is 0 Å². The third kappa shape index (κ3) is 14.5. The second-order valence-electron chi connectivity index (χ2n) is 25.9. The molecule has 0 saturated carbocycles. The van der Waals surface area contributed by atoms with Crippen LogP contribution in [0.1, 0.15) is 125 Å². The number of carbonyl (C=O) groups excluding carboxylic acids is 8. The number of likely N-dealkylation sites (N-methyl/N-ethyl adjacent to an activating group) is 2. The summed E-state index contributed by atoms with van der Waals surface area (Å²) in [6, 6.07) is 0.777. The molecule has 10 unspecified atom stereocenters. The van der Waals surface area contributed by atoms with E-state index in [0.29, 0.717) is 23.4 Å². The lowest BCUT2D eigenvalue weighted by molar-refractivity contribution is -0.280. The Labute approximate surface area is 612 Å². The molecule has 12 bridgehead atoms. The van der Waals surface area contributed by atoms with E-state index in [9.17, 15) is 39.7 Å². The van der Waals surface area contributed by atoms with Crippen molar-refractivity contribution in [1.29, 1.82) is 0 Å². The number of nitrogens with one attached hydrogen (secondary N) is 4. The van der Waals surface area contributed by atoms with Crippen LogP contribution in [0.3, 0.4) is 0 Å². The molecule has 38 heteroatoms. The number of hydrogen-bond donors (Lipinski definition) is 8. The molecule has 1 aromatic carbocycles. The molecule has 10 atom stereocenters. The summed E-state index contributed by atoms with van der Waals surface area (Å²) in [6.45, 7) is 5.62. The van der Waals surface area contributed by atoms with Gasteiger partial charge in [-0.25, -0.2) is 39.5 Å². The maximum absolute atomic E-state index is 15.2. The normalized spacial score (nSPS) is 24.4. The number of methoxy groups -OCH3 is 1. The number of aromatic hydroxyl groups is 1. The van der Waals surface area contributed by atoms with Crippen molar-refractivity contribution in [3.63, 3.8) is 0 Å². The van der Waals surface area contributed by atoms with E-state index in [0.717, 1.165) is 56.7 Å². The average Bonchev–Trinajstić information content (AvgIpc) is 1.56. The fourth-order valence-electron chi connectivity index (χ4n) is 13.2. The molecule has 12 heterocycles. The van der Waals surface area contributed by atoms with Gasteiger partial charge >= 0.3 is 11.9 Å². The first-order valence-corrected chi connectivity index (χ1v) is 36.9. The second-order valence-corrected chi connectivity index (χ2v) is 30.3. The third-order valence-corrected chi connectivity index (χ3v) is 22.6. The fourth-order valence-corrected chi connectivity index (χ4v) is 17.3. The van der Waals surface area contributed by atoms with Crippen LogP contribution < -0.4 is 21.3 Å². The Morgan fingerprint density at radius 3 is 2.15 bits per heavy atom. The number of esters is 2. The van der Waals surface area contributed by atoms with Crippen LogP contribution in [-0.4, -0.2) is 245 Å². The van der Waals surface area contributed by atoms with Crippen LogP contribution >= 0.6 is 56.7 Å². The van der Waals surface area contributed by atoms with Gasteiger partial charge in [0.25, 0.3) is 23.6 Å². The molecule has 2 saturated heterocycles. The lowest BCUT2D eigenvalue weighted by Crippen LogP contribution is -2.62. The highest BCUT2D eigenvalue weighted by atomic mass is 32.1. The number of piperazine rings is 1. The summed E-state index contributed by atoms with van der Waals surface area (Å²) < 4.78 is 38.4. The van der Waals surface area contributed by atoms with Gasteiger partial charge in [-0.15, -0.1) is 56.7 Å². The summed E-state index contributed by atoms with van der Waals surface area (Å²) in [6.07, 6.45) is -7.52. The highest BCUT2D eigenvalue weighted by Crippen LogP contribution is 2.43. The van der Waals surface area contributed by atoms with Gasteiger partial charge in [-0.2, -0.15) is 4.73 Å². The fraction of sp³-hybridized carbons (Fsp3) is 0.424. The molecule has 13 rings (SSSR count). The predicted molar refractivity (Wildman–Crippen MR) is 375 cm³/mol. The molecule has 5 aliphatic heterocycles. The minimum atomic E-state index is -1.91. The number of hydrogen-bond acceptors (Lipinski definition) is 31. The van der Waals surface area contributed by atoms with E-state index in [1.54, 1.807) is 79.2 Å². The number of amides is 6. The molecule has 33 nitrogen and oxygen atoms in total. The number of ether oxygens (including phenoxy) is 6. The van der Waals surface area contributed by atoms with E-state index in [-0.39, 0.29) is 130 Å². The summed E-state index contributed by atoms with van der Waals surface area (Å²) in [7, 11) is 8.45. The molecule has 548 valence electrons. The molecule has 2 fully saturated rings. The van der Waals surface area contributed by atoms with Crippen molar-refractivity contribution in [3.05, 3.63) is 112 Å². The lowest BCUT2D eigenvalue weighted by Gasteiger charge is -2.48. The molecule has 7 aromatic heterocycles. The Hall–Kier alpha value is -9.32. The van der Waals surface area contributed by atoms with E-state index in [4.69, 9.17) is 43.4 Å². The molecule has 0 spiro atoms. The Morgan fingerprint density at radius 2 is 1.44 bits per heavy atom. The number of nitrogens with zero attached hydrogens (tertiary/aromatic N) is 11. The first-order valence-electron chi connectivity index (χ1n) is 32.6. The lowest BCUT2D eigenvalue weighted by atomic mass is 9.85. The number of thiazole rings is 5. The van der Waals surface area contributed by atoms with Crippen molar-refractivity contribution >= 4 is 121 Å². The predicted octanol–water partition coefficient (Wildman–Crippen LogP) is 4.01. The van der Waals surface area contributed by atoms with Gasteiger partial charge in [0.15, 0.2) is 18.1 Å². The molecule has 8 N–H and O–H groups in total. The number of carbonyl (C=O) groups is 8. The van der Waals surface area contributed by atoms with Gasteiger partial charge in [0.1, 0.15) is 120 Å². The van der Waals surface area contributed by atoms with Crippen molar-refractivity contribution < 1.29 is 87.3 Å². The van der Waals surface area contributed by atoms with Crippen molar-refractivity contribution in [2.45, 2.75) is 108 Å². The third-order valence-electron chi connectivity index (χ3n) is 18.1. The van der Waals surface area contributed by atoms with Crippen LogP contribution in [0, 0.1) is 0 Å². The minimum absolute atomic E-state index is 0.00902. The van der Waals surface area contributed by atoms with Crippen LogP contribution in [0.5, 0.6) is 5.75 Å². The smallest absolute Gasteiger partial charge is 0.358 e. The molecule has 6 amide bonds. The zero-order valence-corrected chi connectivity index (χ0v) is 61.3. The van der Waals surface area contributed by atoms with E-state index in [1.807, 2.05) is 0 Å². The highest BCUT2D eigenvalue weighted by molar-refractivity contribution is 7.14. The maximum Gasteiger partial charge on any atom is 0.358 e. The zero-order valence-electron chi connectivity index (χ0n) is 57.2. The number of cyclic esters (lactones) is 2. The van der Waals surface area contributed by atoms with E-state index in [2.05, 4.69) is 36.2 Å². The summed E-state index contributed by atoms with van der Waals surface area (Å²) >= 11 is 4.68. The second kappa shape index (κ2) is 29.7. The molecule has 0 radical (unpaired) electrons. The minimum Gasteiger partial charge on any atom is -0.506 e. The largest absolute Gasteiger partial charge is 0.506 e. The van der Waals surface area contributed by atoms with Gasteiger partial charge in [-0.3, -0.25) is 28.8 Å². The number of pyridine rings is 1. The van der Waals surface area contributed by atoms with Crippen molar-refractivity contribution in [3.8, 4) is 38.4 Å². The Morgan fingerprint density at radius 1 is 0.788 bits per heavy atom. The first-order chi connectivity index (χ1) is 49.6. The number of benzene rings is 1. The molecule has 0 aliphatic carbocycles. The molecular formula is C66H71N15O18S5. The van der Waals surface area contributed by atoms with Gasteiger partial charge < -0.3 is 89.8 Å². The zero-order chi connectivity index (χ0) is 73.9. The van der Waals surface area contributed by atoms with Gasteiger partial charge in [-0.05, 0) is 73.6 Å². The van der Waals surface area contributed by atoms with Gasteiger partial charge in [0.2, 0.25) is 11.8 Å². The number of allylic oxidation sites excluding steroid dienone is 1. The quantitative estimate of drug-likeness (QED) is 0.0575. The monoisotopic (exact) mass is 1520 g/mol. The molecule has 8 aromatic rings. The summed E-state index contributed by atoms with van der Waals surface area (Å²) in [5, 5.41) is 66.1. The van der Waals surface area contributed by atoms with E-state index in [1.165, 1.54) is 54.6 Å². The first kappa shape index (κ1) is 73.0. The number of fused-ring (bicyclic) bond motifs is 15. The molecule has 5 aliphatic rings. The Bertz CT molecular complexity index is 4740. The van der Waals surface area contributed by atoms with Crippen LogP contribution in [-0.2, 0) is 56.0 Å². The van der Waals surface area contributed by atoms with Gasteiger partial charge in [0.05, 0.1) is 49.6 Å². The van der Waals surface area contributed by atoms with Gasteiger partial charge in [-0.1, -0.05) is 12.1 Å². The molecule has 104 heavy (non-hydrogen) atoms. The Kier molecular flexibility index (Phi) is 20.8. The topological polar surface area (TPSA) is 416 Å². The van der Waals surface area contributed by atoms with Gasteiger partial charge in [0, 0.05) is 76.0 Å². The van der Waals surface area contributed by atoms with Crippen LogP contribution in [0.15, 0.2) is 56.9 Å². The number of aromatic nitrogens is 7. The SMILES string of the molecule is CO/C(C)=C1/NC(=O)C(C(C)O)NC(=O)c2csc(n2)-c2cc(O)c(-c3nc(C(=O)N4CCN(C(=O)CN(C)C)CC4)cs3)nc2-c2csc(n2)C2COC(=O)c3c4c5c(cccc5n3O)COC(=O)C(OC3CC(C)(O)C(N(C)C)C(C)O3)C(OC4)C(NC(=O)c3csc1n3)c1nc(cs1)C(=O)N2. The molecular weight excluding hydrogens is 1450 g/mol. The van der Waals surface area contributed by atoms with Crippen LogP contribution in [0.4, 0.5) is 0 Å². The number of aliphatic hydroxyl groups excluding tert-OH is 1. The van der Waals surface area contributed by atoms with E-state index < -0.39 is 133 Å². The van der Waals surface area contributed by atoms with Crippen LogP contribution in [0.2, 0.25) is 0 Å². The van der Waals surface area contributed by atoms with Crippen LogP contribution in [0.25, 0.3) is 49.3 Å². The number of aliphatic hydroxyl groups is 2.